The van der Waals surface area contributed by atoms with E-state index in [9.17, 15) is 0 Å². The van der Waals surface area contributed by atoms with Crippen molar-refractivity contribution in [3.8, 4) is 11.3 Å². The predicted octanol–water partition coefficient (Wildman–Crippen LogP) is 4.91. The molecule has 2 nitrogen and oxygen atoms in total. The molecule has 0 aliphatic heterocycles. The lowest BCUT2D eigenvalue weighted by molar-refractivity contribution is 0.528. The number of fused-ring (bicyclic) bond motifs is 1. The molecule has 1 aliphatic carbocycles. The van der Waals surface area contributed by atoms with Gasteiger partial charge in [-0.3, -0.25) is 0 Å². The van der Waals surface area contributed by atoms with Crippen molar-refractivity contribution in [3.63, 3.8) is 0 Å². The first-order chi connectivity index (χ1) is 11.4. The highest BCUT2D eigenvalue weighted by Crippen LogP contribution is 2.30. The molecule has 0 saturated heterocycles. The molecule has 23 heavy (non-hydrogen) atoms. The van der Waals surface area contributed by atoms with E-state index in [-0.39, 0.29) is 0 Å². The molecule has 0 spiro atoms. The molecular formula is C21H24N2. The van der Waals surface area contributed by atoms with Crippen molar-refractivity contribution in [3.05, 3.63) is 60.2 Å². The molecule has 2 heteroatoms. The van der Waals surface area contributed by atoms with E-state index in [1.807, 2.05) is 0 Å². The Labute approximate surface area is 137 Å². The molecule has 1 heterocycles. The first-order valence-electron chi connectivity index (χ1n) is 8.80. The molecule has 1 fully saturated rings. The maximum absolute atomic E-state index is 3.75. The van der Waals surface area contributed by atoms with Crippen molar-refractivity contribution in [2.24, 2.45) is 0 Å². The summed E-state index contributed by atoms with van der Waals surface area (Å²) in [5.41, 5.74) is 5.24. The normalized spacial score (nSPS) is 15.5. The smallest absolute Gasteiger partial charge is 0.0497 e. The highest BCUT2D eigenvalue weighted by molar-refractivity contribution is 5.90. The predicted molar refractivity (Wildman–Crippen MR) is 97.7 cm³/mol. The van der Waals surface area contributed by atoms with Gasteiger partial charge in [0, 0.05) is 22.6 Å². The van der Waals surface area contributed by atoms with Crippen molar-refractivity contribution in [1.82, 2.24) is 10.3 Å². The van der Waals surface area contributed by atoms with Crippen LogP contribution in [-0.4, -0.2) is 17.6 Å². The molecule has 2 N–H and O–H groups in total. The number of aromatic nitrogens is 1. The number of H-pyrrole nitrogens is 1. The fourth-order valence-corrected chi connectivity index (χ4v) is 3.84. The summed E-state index contributed by atoms with van der Waals surface area (Å²) >= 11 is 0. The van der Waals surface area contributed by atoms with Gasteiger partial charge in [0.2, 0.25) is 0 Å². The summed E-state index contributed by atoms with van der Waals surface area (Å²) in [6.07, 6.45) is 6.55. The Bertz CT molecular complexity index is 767. The standard InChI is InChI=1S/C21H24N2/c1-2-8-16(9-3-1)21-19(14-15-22-17-10-4-5-11-17)18-12-6-7-13-20(18)23-21/h1-3,6-9,12-13,17,22-23H,4-5,10-11,14-15H2. The zero-order chi connectivity index (χ0) is 15.5. The molecule has 118 valence electrons. The first kappa shape index (κ1) is 14.5. The molecule has 4 rings (SSSR count). The van der Waals surface area contributed by atoms with Crippen molar-refractivity contribution in [2.75, 3.05) is 6.54 Å². The topological polar surface area (TPSA) is 27.8 Å². The van der Waals surface area contributed by atoms with E-state index in [0.29, 0.717) is 0 Å². The third-order valence-electron chi connectivity index (χ3n) is 5.04. The summed E-state index contributed by atoms with van der Waals surface area (Å²) in [7, 11) is 0. The van der Waals surface area contributed by atoms with Crippen molar-refractivity contribution >= 4 is 10.9 Å². The monoisotopic (exact) mass is 304 g/mol. The molecule has 0 bridgehead atoms. The summed E-state index contributed by atoms with van der Waals surface area (Å²) < 4.78 is 0. The Morgan fingerprint density at radius 2 is 1.65 bits per heavy atom. The summed E-state index contributed by atoms with van der Waals surface area (Å²) in [5.74, 6) is 0. The van der Waals surface area contributed by atoms with E-state index >= 15 is 0 Å². The van der Waals surface area contributed by atoms with Crippen LogP contribution in [0.1, 0.15) is 31.2 Å². The lowest BCUT2D eigenvalue weighted by atomic mass is 10.0. The van der Waals surface area contributed by atoms with Crippen LogP contribution in [0.5, 0.6) is 0 Å². The maximum atomic E-state index is 3.75. The van der Waals surface area contributed by atoms with Gasteiger partial charge in [-0.25, -0.2) is 0 Å². The molecule has 0 amide bonds. The molecule has 1 aliphatic rings. The van der Waals surface area contributed by atoms with E-state index in [4.69, 9.17) is 0 Å². The van der Waals surface area contributed by atoms with Gasteiger partial charge in [-0.05, 0) is 43.0 Å². The van der Waals surface area contributed by atoms with Gasteiger partial charge in [0.25, 0.3) is 0 Å². The summed E-state index contributed by atoms with van der Waals surface area (Å²) in [6.45, 7) is 1.06. The minimum absolute atomic E-state index is 0.736. The van der Waals surface area contributed by atoms with Crippen LogP contribution in [0, 0.1) is 0 Å². The molecule has 3 aromatic rings. The second-order valence-corrected chi connectivity index (χ2v) is 6.58. The van der Waals surface area contributed by atoms with Crippen molar-refractivity contribution in [2.45, 2.75) is 38.1 Å². The first-order valence-corrected chi connectivity index (χ1v) is 8.80. The average Bonchev–Trinajstić information content (AvgIpc) is 3.24. The van der Waals surface area contributed by atoms with Crippen LogP contribution in [0.25, 0.3) is 22.2 Å². The van der Waals surface area contributed by atoms with Crippen LogP contribution in [0.15, 0.2) is 54.6 Å². The van der Waals surface area contributed by atoms with Gasteiger partial charge in [-0.15, -0.1) is 0 Å². The molecule has 1 aromatic heterocycles. The molecule has 2 aromatic carbocycles. The fraction of sp³-hybridized carbons (Fsp3) is 0.333. The second-order valence-electron chi connectivity index (χ2n) is 6.58. The van der Waals surface area contributed by atoms with E-state index in [0.717, 1.165) is 19.0 Å². The Kier molecular flexibility index (Phi) is 4.16. The van der Waals surface area contributed by atoms with Gasteiger partial charge < -0.3 is 10.3 Å². The van der Waals surface area contributed by atoms with Gasteiger partial charge in [-0.1, -0.05) is 61.4 Å². The minimum atomic E-state index is 0.736. The number of aromatic amines is 1. The SMILES string of the molecule is c1ccc(-c2[nH]c3ccccc3c2CCNC2CCCC2)cc1. The Morgan fingerprint density at radius 1 is 0.913 bits per heavy atom. The summed E-state index contributed by atoms with van der Waals surface area (Å²) in [5, 5.41) is 5.11. The quantitative estimate of drug-likeness (QED) is 0.688. The number of hydrogen-bond acceptors (Lipinski definition) is 1. The van der Waals surface area contributed by atoms with Gasteiger partial charge in [0.1, 0.15) is 0 Å². The minimum Gasteiger partial charge on any atom is -0.354 e. The number of rotatable bonds is 5. The van der Waals surface area contributed by atoms with Crippen molar-refractivity contribution < 1.29 is 0 Å². The molecule has 0 radical (unpaired) electrons. The van der Waals surface area contributed by atoms with Crippen LogP contribution >= 0.6 is 0 Å². The van der Waals surface area contributed by atoms with Crippen LogP contribution in [0.2, 0.25) is 0 Å². The van der Waals surface area contributed by atoms with Crippen molar-refractivity contribution in [1.29, 1.82) is 0 Å². The van der Waals surface area contributed by atoms with E-state index < -0.39 is 0 Å². The number of para-hydroxylation sites is 1. The third-order valence-corrected chi connectivity index (χ3v) is 5.04. The summed E-state index contributed by atoms with van der Waals surface area (Å²) in [6, 6.07) is 20.1. The third kappa shape index (κ3) is 3.04. The molecular weight excluding hydrogens is 280 g/mol. The van der Waals surface area contributed by atoms with Gasteiger partial charge in [0.05, 0.1) is 0 Å². The van der Waals surface area contributed by atoms with Crippen LogP contribution in [0.4, 0.5) is 0 Å². The van der Waals surface area contributed by atoms with Gasteiger partial charge in [-0.2, -0.15) is 0 Å². The molecule has 1 saturated carbocycles. The fourth-order valence-electron chi connectivity index (χ4n) is 3.84. The highest BCUT2D eigenvalue weighted by atomic mass is 14.9. The lowest BCUT2D eigenvalue weighted by Gasteiger charge is -2.12. The van der Waals surface area contributed by atoms with Crippen LogP contribution in [-0.2, 0) is 6.42 Å². The van der Waals surface area contributed by atoms with E-state index in [1.165, 1.54) is 53.4 Å². The number of hydrogen-bond donors (Lipinski definition) is 2. The number of benzene rings is 2. The molecule has 0 atom stereocenters. The zero-order valence-corrected chi connectivity index (χ0v) is 13.5. The Hall–Kier alpha value is -2.06. The van der Waals surface area contributed by atoms with Crippen LogP contribution < -0.4 is 5.32 Å². The molecule has 0 unspecified atom stereocenters. The van der Waals surface area contributed by atoms with E-state index in [1.54, 1.807) is 0 Å². The van der Waals surface area contributed by atoms with Gasteiger partial charge in [0.15, 0.2) is 0 Å². The Morgan fingerprint density at radius 3 is 2.48 bits per heavy atom. The highest BCUT2D eigenvalue weighted by Gasteiger charge is 2.16. The van der Waals surface area contributed by atoms with E-state index in [2.05, 4.69) is 64.9 Å². The Balaban J connectivity index is 1.63. The maximum Gasteiger partial charge on any atom is 0.0497 e. The van der Waals surface area contributed by atoms with Gasteiger partial charge >= 0.3 is 0 Å². The largest absolute Gasteiger partial charge is 0.354 e. The summed E-state index contributed by atoms with van der Waals surface area (Å²) in [4.78, 5) is 3.63. The lowest BCUT2D eigenvalue weighted by Crippen LogP contribution is -2.28. The average molecular weight is 304 g/mol. The van der Waals surface area contributed by atoms with Crippen LogP contribution in [0.3, 0.4) is 0 Å². The zero-order valence-electron chi connectivity index (χ0n) is 13.5. The second kappa shape index (κ2) is 6.59. The number of nitrogens with one attached hydrogen (secondary N) is 2.